The number of rotatable bonds is 3. The lowest BCUT2D eigenvalue weighted by atomic mass is 10.1. The maximum absolute atomic E-state index is 12.3. The van der Waals surface area contributed by atoms with Crippen LogP contribution in [-0.2, 0) is 13.6 Å². The number of aliphatic hydroxyl groups excluding tert-OH is 1. The minimum Gasteiger partial charge on any atom is -0.387 e. The molecule has 1 atom stereocenters. The van der Waals surface area contributed by atoms with Crippen LogP contribution in [0.3, 0.4) is 0 Å². The van der Waals surface area contributed by atoms with Gasteiger partial charge in [0.1, 0.15) is 11.7 Å². The molecule has 2 heterocycles. The molecule has 0 fully saturated rings. The Hall–Kier alpha value is -2.47. The second-order valence-corrected chi connectivity index (χ2v) is 4.63. The van der Waals surface area contributed by atoms with Crippen molar-refractivity contribution in [3.05, 3.63) is 58.8 Å². The fourth-order valence-corrected chi connectivity index (χ4v) is 2.16. The van der Waals surface area contributed by atoms with Gasteiger partial charge in [0.05, 0.1) is 18.8 Å². The Morgan fingerprint density at radius 2 is 2.05 bits per heavy atom. The van der Waals surface area contributed by atoms with E-state index in [9.17, 15) is 9.90 Å². The average Bonchev–Trinajstić information content (AvgIpc) is 2.85. The lowest BCUT2D eigenvalue weighted by Gasteiger charge is -2.12. The van der Waals surface area contributed by atoms with Crippen LogP contribution >= 0.6 is 0 Å². The van der Waals surface area contributed by atoms with Gasteiger partial charge >= 0.3 is 0 Å². The van der Waals surface area contributed by atoms with Crippen LogP contribution in [0.2, 0.25) is 0 Å². The zero-order chi connectivity index (χ0) is 14.1. The number of aliphatic hydroxyl groups is 1. The van der Waals surface area contributed by atoms with Gasteiger partial charge in [0.2, 0.25) is 0 Å². The number of hydrogen-bond acceptors (Lipinski definition) is 4. The maximum Gasteiger partial charge on any atom is 0.264 e. The maximum atomic E-state index is 12.3. The summed E-state index contributed by atoms with van der Waals surface area (Å²) in [5, 5.41) is 14.6. The zero-order valence-corrected chi connectivity index (χ0v) is 11.0. The highest BCUT2D eigenvalue weighted by Gasteiger charge is 2.12. The molecule has 1 unspecified atom stereocenters. The molecule has 102 valence electrons. The predicted molar refractivity (Wildman–Crippen MR) is 74.2 cm³/mol. The number of aromatic nitrogens is 4. The van der Waals surface area contributed by atoms with Crippen LogP contribution in [0.15, 0.2) is 47.7 Å². The van der Waals surface area contributed by atoms with Crippen molar-refractivity contribution >= 4 is 11.0 Å². The molecule has 0 spiro atoms. The van der Waals surface area contributed by atoms with Gasteiger partial charge in [-0.15, -0.1) is 0 Å². The van der Waals surface area contributed by atoms with Crippen LogP contribution in [0.5, 0.6) is 0 Å². The number of benzene rings is 1. The van der Waals surface area contributed by atoms with Gasteiger partial charge in [-0.25, -0.2) is 4.98 Å². The Labute approximate surface area is 114 Å². The van der Waals surface area contributed by atoms with Gasteiger partial charge in [-0.05, 0) is 5.56 Å². The molecule has 3 aromatic rings. The predicted octanol–water partition coefficient (Wildman–Crippen LogP) is 0.864. The summed E-state index contributed by atoms with van der Waals surface area (Å²) in [5.41, 5.74) is 1.12. The van der Waals surface area contributed by atoms with E-state index < -0.39 is 6.10 Å². The van der Waals surface area contributed by atoms with E-state index in [1.807, 2.05) is 30.3 Å². The molecule has 20 heavy (non-hydrogen) atoms. The van der Waals surface area contributed by atoms with E-state index in [2.05, 4.69) is 10.1 Å². The molecule has 0 amide bonds. The SMILES string of the molecule is Cn1ncc2c(=O)n(CC(O)c3ccccc3)cnc21. The quantitative estimate of drug-likeness (QED) is 0.766. The van der Waals surface area contributed by atoms with Crippen molar-refractivity contribution in [3.63, 3.8) is 0 Å². The Bertz CT molecular complexity index is 792. The van der Waals surface area contributed by atoms with Gasteiger partial charge in [0.25, 0.3) is 5.56 Å². The molecular formula is C14H14N4O2. The molecule has 1 aromatic carbocycles. The van der Waals surface area contributed by atoms with Crippen molar-refractivity contribution in [2.24, 2.45) is 7.05 Å². The second-order valence-electron chi connectivity index (χ2n) is 4.63. The lowest BCUT2D eigenvalue weighted by molar-refractivity contribution is 0.155. The topological polar surface area (TPSA) is 72.9 Å². The number of nitrogens with zero attached hydrogens (tertiary/aromatic N) is 4. The van der Waals surface area contributed by atoms with E-state index in [0.29, 0.717) is 11.0 Å². The third-order valence-electron chi connectivity index (χ3n) is 3.27. The van der Waals surface area contributed by atoms with E-state index >= 15 is 0 Å². The molecule has 3 rings (SSSR count). The van der Waals surface area contributed by atoms with Gasteiger partial charge in [0, 0.05) is 7.05 Å². The minimum absolute atomic E-state index is 0.167. The monoisotopic (exact) mass is 270 g/mol. The highest BCUT2D eigenvalue weighted by Crippen LogP contribution is 2.14. The smallest absolute Gasteiger partial charge is 0.264 e. The first-order valence-corrected chi connectivity index (χ1v) is 6.27. The summed E-state index contributed by atoms with van der Waals surface area (Å²) in [7, 11) is 1.73. The molecule has 0 saturated heterocycles. The van der Waals surface area contributed by atoms with Gasteiger partial charge in [-0.1, -0.05) is 30.3 Å². The third-order valence-corrected chi connectivity index (χ3v) is 3.27. The Balaban J connectivity index is 1.95. The minimum atomic E-state index is -0.746. The van der Waals surface area contributed by atoms with Gasteiger partial charge in [-0.3, -0.25) is 14.0 Å². The van der Waals surface area contributed by atoms with Crippen molar-refractivity contribution in [2.45, 2.75) is 12.6 Å². The first-order chi connectivity index (χ1) is 9.66. The molecule has 0 aliphatic rings. The van der Waals surface area contributed by atoms with Gasteiger partial charge < -0.3 is 5.11 Å². The van der Waals surface area contributed by atoms with Crippen LogP contribution in [0, 0.1) is 0 Å². The van der Waals surface area contributed by atoms with Gasteiger partial charge in [0.15, 0.2) is 5.65 Å². The van der Waals surface area contributed by atoms with Crippen molar-refractivity contribution in [1.82, 2.24) is 19.3 Å². The third kappa shape index (κ3) is 2.10. The second kappa shape index (κ2) is 4.90. The zero-order valence-electron chi connectivity index (χ0n) is 11.0. The molecule has 0 aliphatic heterocycles. The highest BCUT2D eigenvalue weighted by molar-refractivity contribution is 5.72. The Morgan fingerprint density at radius 1 is 1.30 bits per heavy atom. The van der Waals surface area contributed by atoms with Crippen molar-refractivity contribution in [2.75, 3.05) is 0 Å². The summed E-state index contributed by atoms with van der Waals surface area (Å²) in [5.74, 6) is 0. The fraction of sp³-hybridized carbons (Fsp3) is 0.214. The van der Waals surface area contributed by atoms with E-state index in [1.54, 1.807) is 11.7 Å². The summed E-state index contributed by atoms with van der Waals surface area (Å²) in [6.45, 7) is 0.167. The van der Waals surface area contributed by atoms with Gasteiger partial charge in [-0.2, -0.15) is 5.10 Å². The highest BCUT2D eigenvalue weighted by atomic mass is 16.3. The van der Waals surface area contributed by atoms with Crippen molar-refractivity contribution in [3.8, 4) is 0 Å². The largest absolute Gasteiger partial charge is 0.387 e. The Kier molecular flexibility index (Phi) is 3.08. The standard InChI is InChI=1S/C14H14N4O2/c1-17-13-11(7-16-17)14(20)18(9-15-13)8-12(19)10-5-3-2-4-6-10/h2-7,9,12,19H,8H2,1H3. The van der Waals surface area contributed by atoms with Crippen LogP contribution in [0.4, 0.5) is 0 Å². The summed E-state index contributed by atoms with van der Waals surface area (Å²) in [6.07, 6.45) is 2.19. The first kappa shape index (κ1) is 12.6. The Morgan fingerprint density at radius 3 is 2.80 bits per heavy atom. The summed E-state index contributed by atoms with van der Waals surface area (Å²) in [4.78, 5) is 16.5. The van der Waals surface area contributed by atoms with E-state index in [4.69, 9.17) is 0 Å². The van der Waals surface area contributed by atoms with Crippen LogP contribution < -0.4 is 5.56 Å². The first-order valence-electron chi connectivity index (χ1n) is 6.27. The molecule has 0 radical (unpaired) electrons. The molecule has 0 aliphatic carbocycles. The fourth-order valence-electron chi connectivity index (χ4n) is 2.16. The number of fused-ring (bicyclic) bond motifs is 1. The lowest BCUT2D eigenvalue weighted by Crippen LogP contribution is -2.23. The number of hydrogen-bond donors (Lipinski definition) is 1. The summed E-state index contributed by atoms with van der Waals surface area (Å²) in [6, 6.07) is 9.23. The van der Waals surface area contributed by atoms with Crippen LogP contribution in [-0.4, -0.2) is 24.4 Å². The normalized spacial score (nSPS) is 12.7. The van der Waals surface area contributed by atoms with E-state index in [0.717, 1.165) is 5.56 Å². The summed E-state index contributed by atoms with van der Waals surface area (Å²) >= 11 is 0. The van der Waals surface area contributed by atoms with E-state index in [1.165, 1.54) is 17.1 Å². The molecule has 1 N–H and O–H groups in total. The van der Waals surface area contributed by atoms with Crippen molar-refractivity contribution < 1.29 is 5.11 Å². The molecule has 2 aromatic heterocycles. The molecule has 6 heteroatoms. The molecule has 0 bridgehead atoms. The van der Waals surface area contributed by atoms with Crippen molar-refractivity contribution in [1.29, 1.82) is 0 Å². The summed E-state index contributed by atoms with van der Waals surface area (Å²) < 4.78 is 2.95. The number of aryl methyl sites for hydroxylation is 1. The van der Waals surface area contributed by atoms with E-state index in [-0.39, 0.29) is 12.1 Å². The molecular weight excluding hydrogens is 256 g/mol. The average molecular weight is 270 g/mol. The molecule has 6 nitrogen and oxygen atoms in total. The molecule has 0 saturated carbocycles. The van der Waals surface area contributed by atoms with Crippen LogP contribution in [0.25, 0.3) is 11.0 Å². The van der Waals surface area contributed by atoms with Crippen LogP contribution in [0.1, 0.15) is 11.7 Å².